The fraction of sp³-hybridized carbons (Fsp3) is 0.0667. The molecule has 5 heteroatoms. The molecular formula is C15H8ClFN2O. The second kappa shape index (κ2) is 6.06. The van der Waals surface area contributed by atoms with Crippen molar-refractivity contribution in [1.82, 2.24) is 0 Å². The van der Waals surface area contributed by atoms with Gasteiger partial charge in [0.25, 0.3) is 0 Å². The van der Waals surface area contributed by atoms with Gasteiger partial charge in [-0.2, -0.15) is 10.5 Å². The van der Waals surface area contributed by atoms with Crippen LogP contribution in [0.2, 0.25) is 5.02 Å². The molecule has 0 bridgehead atoms. The van der Waals surface area contributed by atoms with Crippen molar-refractivity contribution in [2.45, 2.75) is 6.61 Å². The molecule has 0 N–H and O–H groups in total. The average molecular weight is 287 g/mol. The van der Waals surface area contributed by atoms with E-state index in [4.69, 9.17) is 26.9 Å². The molecule has 2 rings (SSSR count). The summed E-state index contributed by atoms with van der Waals surface area (Å²) in [6.07, 6.45) is 0. The predicted octanol–water partition coefficient (Wildman–Crippen LogP) is 3.80. The van der Waals surface area contributed by atoms with Gasteiger partial charge in [-0.05, 0) is 36.4 Å². The van der Waals surface area contributed by atoms with Crippen LogP contribution in [-0.4, -0.2) is 0 Å². The maximum atomic E-state index is 13.6. The number of nitrogens with zero attached hydrogens (tertiary/aromatic N) is 2. The largest absolute Gasteiger partial charge is 0.487 e. The minimum Gasteiger partial charge on any atom is -0.487 e. The molecule has 0 aromatic heterocycles. The fourth-order valence-corrected chi connectivity index (χ4v) is 1.83. The first kappa shape index (κ1) is 13.9. The van der Waals surface area contributed by atoms with Gasteiger partial charge in [-0.25, -0.2) is 4.39 Å². The Morgan fingerprint density at radius 1 is 1.05 bits per heavy atom. The first-order valence-corrected chi connectivity index (χ1v) is 6.03. The highest BCUT2D eigenvalue weighted by atomic mass is 35.5. The molecule has 3 nitrogen and oxygen atoms in total. The van der Waals surface area contributed by atoms with Gasteiger partial charge in [0.2, 0.25) is 0 Å². The van der Waals surface area contributed by atoms with Crippen molar-refractivity contribution < 1.29 is 9.13 Å². The van der Waals surface area contributed by atoms with Crippen LogP contribution in [0.5, 0.6) is 5.75 Å². The maximum Gasteiger partial charge on any atom is 0.138 e. The van der Waals surface area contributed by atoms with E-state index in [0.717, 1.165) is 0 Å². The van der Waals surface area contributed by atoms with Gasteiger partial charge in [0.15, 0.2) is 0 Å². The van der Waals surface area contributed by atoms with Crippen molar-refractivity contribution >= 4 is 11.6 Å². The molecule has 2 aromatic carbocycles. The van der Waals surface area contributed by atoms with Crippen LogP contribution in [0.4, 0.5) is 4.39 Å². The minimum atomic E-state index is -0.450. The quantitative estimate of drug-likeness (QED) is 0.862. The van der Waals surface area contributed by atoms with Crippen molar-refractivity contribution in [3.05, 3.63) is 63.9 Å². The van der Waals surface area contributed by atoms with E-state index < -0.39 is 5.82 Å². The maximum absolute atomic E-state index is 13.6. The van der Waals surface area contributed by atoms with Crippen LogP contribution >= 0.6 is 11.6 Å². The Hall–Kier alpha value is -2.56. The van der Waals surface area contributed by atoms with Crippen LogP contribution in [0.3, 0.4) is 0 Å². The number of halogens is 2. The number of ether oxygens (including phenoxy) is 1. The second-order valence-electron chi connectivity index (χ2n) is 3.96. The lowest BCUT2D eigenvalue weighted by atomic mass is 10.1. The summed E-state index contributed by atoms with van der Waals surface area (Å²) >= 11 is 5.95. The molecule has 0 unspecified atom stereocenters. The predicted molar refractivity (Wildman–Crippen MR) is 71.6 cm³/mol. The third-order valence-corrected chi connectivity index (χ3v) is 2.91. The molecule has 0 spiro atoms. The molecule has 0 heterocycles. The normalized spacial score (nSPS) is 9.60. The average Bonchev–Trinajstić information content (AvgIpc) is 2.47. The molecule has 0 amide bonds. The Morgan fingerprint density at radius 3 is 2.35 bits per heavy atom. The Balaban J connectivity index is 2.17. The molecule has 0 saturated carbocycles. The van der Waals surface area contributed by atoms with Crippen molar-refractivity contribution in [3.8, 4) is 17.9 Å². The molecular weight excluding hydrogens is 279 g/mol. The number of benzene rings is 2. The van der Waals surface area contributed by atoms with Gasteiger partial charge in [0.1, 0.15) is 18.2 Å². The number of hydrogen-bond donors (Lipinski definition) is 0. The van der Waals surface area contributed by atoms with Crippen molar-refractivity contribution in [2.75, 3.05) is 0 Å². The van der Waals surface area contributed by atoms with Gasteiger partial charge >= 0.3 is 0 Å². The molecule has 0 saturated heterocycles. The number of rotatable bonds is 3. The summed E-state index contributed by atoms with van der Waals surface area (Å²) in [6.45, 7) is -0.0486. The van der Waals surface area contributed by atoms with Crippen LogP contribution in [-0.2, 0) is 6.61 Å². The summed E-state index contributed by atoms with van der Waals surface area (Å²) in [6, 6.07) is 12.5. The van der Waals surface area contributed by atoms with E-state index in [1.165, 1.54) is 24.3 Å². The molecule has 2 aromatic rings. The van der Waals surface area contributed by atoms with Gasteiger partial charge in [0.05, 0.1) is 28.3 Å². The summed E-state index contributed by atoms with van der Waals surface area (Å²) in [5.74, 6) is -0.0961. The lowest BCUT2D eigenvalue weighted by Gasteiger charge is -2.09. The molecule has 0 fully saturated rings. The summed E-state index contributed by atoms with van der Waals surface area (Å²) < 4.78 is 19.0. The van der Waals surface area contributed by atoms with E-state index in [0.29, 0.717) is 16.9 Å². The SMILES string of the molecule is N#Cc1ccc(OCc2cc(C#N)ccc2F)c(Cl)c1. The highest BCUT2D eigenvalue weighted by Gasteiger charge is 2.07. The zero-order valence-electron chi connectivity index (χ0n) is 10.2. The Kier molecular flexibility index (Phi) is 4.20. The Bertz CT molecular complexity index is 732. The molecule has 20 heavy (non-hydrogen) atoms. The standard InChI is InChI=1S/C15H8ClFN2O/c16-13-6-11(8-19)2-4-15(13)20-9-12-5-10(7-18)1-3-14(12)17/h1-6H,9H2. The van der Waals surface area contributed by atoms with Crippen molar-refractivity contribution in [1.29, 1.82) is 10.5 Å². The molecule has 0 radical (unpaired) electrons. The van der Waals surface area contributed by atoms with Gasteiger partial charge in [-0.15, -0.1) is 0 Å². The van der Waals surface area contributed by atoms with Crippen LogP contribution in [0.15, 0.2) is 36.4 Å². The summed E-state index contributed by atoms with van der Waals surface area (Å²) in [4.78, 5) is 0. The first-order chi connectivity index (χ1) is 9.63. The summed E-state index contributed by atoms with van der Waals surface area (Å²) in [5, 5.41) is 17.8. The summed E-state index contributed by atoms with van der Waals surface area (Å²) in [7, 11) is 0. The zero-order chi connectivity index (χ0) is 14.5. The van der Waals surface area contributed by atoms with E-state index in [9.17, 15) is 4.39 Å². The molecule has 0 aliphatic rings. The highest BCUT2D eigenvalue weighted by Crippen LogP contribution is 2.26. The molecule has 0 aliphatic heterocycles. The molecule has 0 atom stereocenters. The van der Waals surface area contributed by atoms with E-state index in [2.05, 4.69) is 0 Å². The van der Waals surface area contributed by atoms with E-state index in [-0.39, 0.29) is 17.2 Å². The van der Waals surface area contributed by atoms with Crippen molar-refractivity contribution in [2.24, 2.45) is 0 Å². The van der Waals surface area contributed by atoms with Gasteiger partial charge in [-0.1, -0.05) is 11.6 Å². The van der Waals surface area contributed by atoms with Crippen LogP contribution < -0.4 is 4.74 Å². The van der Waals surface area contributed by atoms with Gasteiger partial charge in [0, 0.05) is 5.56 Å². The minimum absolute atomic E-state index is 0.0486. The van der Waals surface area contributed by atoms with Crippen LogP contribution in [0, 0.1) is 28.5 Å². The molecule has 0 aliphatic carbocycles. The molecule has 98 valence electrons. The lowest BCUT2D eigenvalue weighted by molar-refractivity contribution is 0.300. The van der Waals surface area contributed by atoms with Crippen molar-refractivity contribution in [3.63, 3.8) is 0 Å². The van der Waals surface area contributed by atoms with Gasteiger partial charge < -0.3 is 4.74 Å². The Labute approximate surface area is 120 Å². The topological polar surface area (TPSA) is 56.8 Å². The smallest absolute Gasteiger partial charge is 0.138 e. The third-order valence-electron chi connectivity index (χ3n) is 2.62. The highest BCUT2D eigenvalue weighted by molar-refractivity contribution is 6.32. The van der Waals surface area contributed by atoms with Crippen LogP contribution in [0.1, 0.15) is 16.7 Å². The van der Waals surface area contributed by atoms with E-state index in [1.807, 2.05) is 12.1 Å². The number of hydrogen-bond acceptors (Lipinski definition) is 3. The fourth-order valence-electron chi connectivity index (χ4n) is 1.60. The lowest BCUT2D eigenvalue weighted by Crippen LogP contribution is -1.99. The third kappa shape index (κ3) is 3.06. The van der Waals surface area contributed by atoms with E-state index >= 15 is 0 Å². The first-order valence-electron chi connectivity index (χ1n) is 5.65. The number of nitriles is 2. The van der Waals surface area contributed by atoms with E-state index in [1.54, 1.807) is 12.1 Å². The van der Waals surface area contributed by atoms with Crippen LogP contribution in [0.25, 0.3) is 0 Å². The van der Waals surface area contributed by atoms with Gasteiger partial charge in [-0.3, -0.25) is 0 Å². The zero-order valence-corrected chi connectivity index (χ0v) is 11.0. The summed E-state index contributed by atoms with van der Waals surface area (Å²) in [5.41, 5.74) is 1.04. The monoisotopic (exact) mass is 286 g/mol. The second-order valence-corrected chi connectivity index (χ2v) is 4.37. The Morgan fingerprint density at radius 2 is 1.70 bits per heavy atom.